The van der Waals surface area contributed by atoms with E-state index in [0.29, 0.717) is 18.8 Å². The highest BCUT2D eigenvalue weighted by atomic mass is 127. The number of hydrogen-bond acceptors (Lipinski definition) is 3. The number of para-hydroxylation sites is 1. The van der Waals surface area contributed by atoms with Gasteiger partial charge in [0.1, 0.15) is 11.4 Å². The summed E-state index contributed by atoms with van der Waals surface area (Å²) in [6.07, 6.45) is 1.72. The molecule has 0 bridgehead atoms. The standard InChI is InChI=1S/C17H15BrINO3S/c18-12-10-24-16-13(19)15(17(21)22)20(14(12)16)8-4-5-9-23-11-6-2-1-3-7-11/h1-3,6-7,10H,4-5,8-9H2,(H,21,22). The Bertz CT molecular complexity index is 860. The van der Waals surface area contributed by atoms with Crippen LogP contribution in [-0.4, -0.2) is 22.2 Å². The fourth-order valence-corrected chi connectivity index (χ4v) is 5.43. The molecule has 0 spiro atoms. The molecule has 0 aliphatic rings. The van der Waals surface area contributed by atoms with Gasteiger partial charge in [-0.25, -0.2) is 4.79 Å². The molecule has 0 aliphatic heterocycles. The van der Waals surface area contributed by atoms with Crippen molar-refractivity contribution in [3.8, 4) is 5.75 Å². The number of aryl methyl sites for hydroxylation is 1. The van der Waals surface area contributed by atoms with E-state index in [1.165, 1.54) is 0 Å². The first kappa shape index (κ1) is 17.8. The van der Waals surface area contributed by atoms with Gasteiger partial charge in [0.05, 0.1) is 24.9 Å². The zero-order chi connectivity index (χ0) is 17.1. The summed E-state index contributed by atoms with van der Waals surface area (Å²) in [4.78, 5) is 11.6. The van der Waals surface area contributed by atoms with Gasteiger partial charge < -0.3 is 14.4 Å². The quantitative estimate of drug-likeness (QED) is 0.325. The van der Waals surface area contributed by atoms with Crippen LogP contribution in [0.25, 0.3) is 10.2 Å². The number of fused-ring (bicyclic) bond motifs is 1. The summed E-state index contributed by atoms with van der Waals surface area (Å²) in [6.45, 7) is 1.29. The number of unbranched alkanes of at least 4 members (excludes halogenated alkanes) is 1. The predicted octanol–water partition coefficient (Wildman–Crippen LogP) is 5.63. The van der Waals surface area contributed by atoms with E-state index in [1.54, 1.807) is 11.3 Å². The van der Waals surface area contributed by atoms with Crippen LogP contribution in [0.2, 0.25) is 0 Å². The van der Waals surface area contributed by atoms with Gasteiger partial charge in [-0.1, -0.05) is 18.2 Å². The second-order valence-corrected chi connectivity index (χ2v) is 8.06. The molecule has 0 unspecified atom stereocenters. The van der Waals surface area contributed by atoms with Gasteiger partial charge >= 0.3 is 5.97 Å². The van der Waals surface area contributed by atoms with E-state index in [1.807, 2.05) is 40.3 Å². The van der Waals surface area contributed by atoms with Gasteiger partial charge in [-0.05, 0) is 63.5 Å². The second kappa shape index (κ2) is 7.88. The third kappa shape index (κ3) is 3.62. The fraction of sp³-hybridized carbons (Fsp3) is 0.235. The lowest BCUT2D eigenvalue weighted by Gasteiger charge is -2.09. The molecular weight excluding hydrogens is 505 g/mol. The largest absolute Gasteiger partial charge is 0.494 e. The molecule has 24 heavy (non-hydrogen) atoms. The van der Waals surface area contributed by atoms with Crippen molar-refractivity contribution < 1.29 is 14.6 Å². The number of rotatable bonds is 7. The van der Waals surface area contributed by atoms with Crippen LogP contribution in [0.15, 0.2) is 40.2 Å². The van der Waals surface area contributed by atoms with Crippen molar-refractivity contribution in [3.63, 3.8) is 0 Å². The number of ether oxygens (including phenoxy) is 1. The molecule has 0 atom stereocenters. The van der Waals surface area contributed by atoms with Crippen molar-refractivity contribution in [1.82, 2.24) is 4.57 Å². The summed E-state index contributed by atoms with van der Waals surface area (Å²) < 4.78 is 10.4. The number of aromatic carboxylic acids is 1. The number of aromatic nitrogens is 1. The SMILES string of the molecule is O=C(O)c1c(I)c2scc(Br)c2n1CCCCOc1ccccc1. The minimum absolute atomic E-state index is 0.377. The average molecular weight is 520 g/mol. The van der Waals surface area contributed by atoms with E-state index in [0.717, 1.165) is 36.9 Å². The lowest BCUT2D eigenvalue weighted by molar-refractivity contribution is 0.0684. The van der Waals surface area contributed by atoms with Gasteiger partial charge in [0, 0.05) is 11.9 Å². The van der Waals surface area contributed by atoms with E-state index in [2.05, 4.69) is 38.5 Å². The number of hydrogen-bond donors (Lipinski definition) is 1. The number of carboxylic acid groups (broad SMARTS) is 1. The summed E-state index contributed by atoms with van der Waals surface area (Å²) in [7, 11) is 0. The van der Waals surface area contributed by atoms with Gasteiger partial charge in [-0.3, -0.25) is 0 Å². The second-order valence-electron chi connectivity index (χ2n) is 5.25. The topological polar surface area (TPSA) is 51.5 Å². The van der Waals surface area contributed by atoms with Gasteiger partial charge in [0.2, 0.25) is 0 Å². The van der Waals surface area contributed by atoms with Gasteiger partial charge in [-0.2, -0.15) is 0 Å². The Balaban J connectivity index is 1.67. The molecule has 3 rings (SSSR count). The minimum atomic E-state index is -0.879. The Morgan fingerprint density at radius 2 is 2.04 bits per heavy atom. The number of benzene rings is 1. The van der Waals surface area contributed by atoms with Gasteiger partial charge in [0.25, 0.3) is 0 Å². The monoisotopic (exact) mass is 519 g/mol. The van der Waals surface area contributed by atoms with E-state index in [4.69, 9.17) is 4.74 Å². The van der Waals surface area contributed by atoms with Crippen molar-refractivity contribution in [2.45, 2.75) is 19.4 Å². The van der Waals surface area contributed by atoms with Crippen molar-refractivity contribution >= 4 is 66.0 Å². The van der Waals surface area contributed by atoms with Crippen LogP contribution in [-0.2, 0) is 6.54 Å². The summed E-state index contributed by atoms with van der Waals surface area (Å²) in [5.74, 6) is -0.0163. The summed E-state index contributed by atoms with van der Waals surface area (Å²) in [6, 6.07) is 9.71. The molecule has 0 radical (unpaired) electrons. The summed E-state index contributed by atoms with van der Waals surface area (Å²) >= 11 is 7.23. The van der Waals surface area contributed by atoms with Crippen LogP contribution in [0.1, 0.15) is 23.3 Å². The smallest absolute Gasteiger partial charge is 0.353 e. The highest BCUT2D eigenvalue weighted by Crippen LogP contribution is 2.38. The number of carbonyl (C=O) groups is 1. The van der Waals surface area contributed by atoms with Gasteiger partial charge in [0.15, 0.2) is 0 Å². The van der Waals surface area contributed by atoms with Crippen LogP contribution in [0.3, 0.4) is 0 Å². The molecule has 2 aromatic heterocycles. The van der Waals surface area contributed by atoms with Crippen LogP contribution in [0, 0.1) is 3.57 Å². The molecule has 1 N–H and O–H groups in total. The zero-order valence-electron chi connectivity index (χ0n) is 12.7. The van der Waals surface area contributed by atoms with Gasteiger partial charge in [-0.15, -0.1) is 11.3 Å². The van der Waals surface area contributed by atoms with Crippen LogP contribution in [0.5, 0.6) is 5.75 Å². The third-order valence-electron chi connectivity index (χ3n) is 3.66. The number of carboxylic acids is 1. The van der Waals surface area contributed by atoms with Crippen molar-refractivity contribution in [1.29, 1.82) is 0 Å². The number of nitrogens with zero attached hydrogens (tertiary/aromatic N) is 1. The molecule has 1 aromatic carbocycles. The van der Waals surface area contributed by atoms with Crippen LogP contribution >= 0.6 is 49.9 Å². The molecular formula is C17H15BrINO3S. The summed E-state index contributed by atoms with van der Waals surface area (Å²) in [5, 5.41) is 11.6. The summed E-state index contributed by atoms with van der Waals surface area (Å²) in [5.41, 5.74) is 1.35. The van der Waals surface area contributed by atoms with Crippen molar-refractivity contribution in [2.75, 3.05) is 6.61 Å². The molecule has 7 heteroatoms. The minimum Gasteiger partial charge on any atom is -0.494 e. The van der Waals surface area contributed by atoms with Crippen molar-refractivity contribution in [3.05, 3.63) is 49.4 Å². The maximum atomic E-state index is 11.6. The average Bonchev–Trinajstić information content (AvgIpc) is 3.07. The zero-order valence-corrected chi connectivity index (χ0v) is 17.2. The molecule has 0 amide bonds. The molecule has 4 nitrogen and oxygen atoms in total. The molecule has 0 saturated heterocycles. The normalized spacial score (nSPS) is 11.1. The Hall–Kier alpha value is -1.06. The maximum absolute atomic E-state index is 11.6. The fourth-order valence-electron chi connectivity index (χ4n) is 2.59. The molecule has 3 aromatic rings. The first-order valence-corrected chi connectivity index (χ1v) is 10.2. The lowest BCUT2D eigenvalue weighted by Crippen LogP contribution is -2.11. The lowest BCUT2D eigenvalue weighted by atomic mass is 10.3. The van der Waals surface area contributed by atoms with Crippen LogP contribution < -0.4 is 4.74 Å². The predicted molar refractivity (Wildman–Crippen MR) is 108 cm³/mol. The van der Waals surface area contributed by atoms with E-state index in [9.17, 15) is 9.90 Å². The van der Waals surface area contributed by atoms with E-state index < -0.39 is 5.97 Å². The molecule has 0 fully saturated rings. The molecule has 126 valence electrons. The molecule has 2 heterocycles. The number of halogens is 2. The maximum Gasteiger partial charge on any atom is 0.353 e. The van der Waals surface area contributed by atoms with E-state index >= 15 is 0 Å². The Kier molecular flexibility index (Phi) is 5.83. The van der Waals surface area contributed by atoms with Crippen molar-refractivity contribution in [2.24, 2.45) is 0 Å². The third-order valence-corrected chi connectivity index (χ3v) is 6.97. The first-order valence-electron chi connectivity index (χ1n) is 7.45. The molecule has 0 aliphatic carbocycles. The highest BCUT2D eigenvalue weighted by Gasteiger charge is 2.23. The Morgan fingerprint density at radius 3 is 2.75 bits per heavy atom. The number of thiophene rings is 1. The first-order chi connectivity index (χ1) is 11.6. The Labute approximate surface area is 165 Å². The van der Waals surface area contributed by atoms with Crippen LogP contribution in [0.4, 0.5) is 0 Å². The molecule has 0 saturated carbocycles. The van der Waals surface area contributed by atoms with E-state index in [-0.39, 0.29) is 0 Å². The Morgan fingerprint density at radius 1 is 1.29 bits per heavy atom. The highest BCUT2D eigenvalue weighted by molar-refractivity contribution is 14.1.